The molecule has 1 spiro atoms. The van der Waals surface area contributed by atoms with Crippen LogP contribution in [0, 0.1) is 17.3 Å². The van der Waals surface area contributed by atoms with Crippen LogP contribution >= 0.6 is 0 Å². The summed E-state index contributed by atoms with van der Waals surface area (Å²) in [5.74, 6) is 1.65. The lowest BCUT2D eigenvalue weighted by atomic mass is 9.64. The van der Waals surface area contributed by atoms with E-state index in [9.17, 15) is 9.59 Å². The van der Waals surface area contributed by atoms with E-state index in [2.05, 4.69) is 13.8 Å². The molecule has 0 aromatic carbocycles. The Kier molecular flexibility index (Phi) is 2.70. The predicted molar refractivity (Wildman–Crippen MR) is 58.5 cm³/mol. The summed E-state index contributed by atoms with van der Waals surface area (Å²) >= 11 is 0. The lowest BCUT2D eigenvalue weighted by Crippen LogP contribution is -2.42. The number of rotatable bonds is 1. The maximum Gasteiger partial charge on any atom is 0.146 e. The van der Waals surface area contributed by atoms with Gasteiger partial charge in [0.1, 0.15) is 11.6 Å². The van der Waals surface area contributed by atoms with Gasteiger partial charge in [-0.25, -0.2) is 0 Å². The number of carbonyl (C=O) groups is 2. The summed E-state index contributed by atoms with van der Waals surface area (Å²) in [4.78, 5) is 23.9. The Bertz CT molecular complexity index is 293. The quantitative estimate of drug-likeness (QED) is 0.621. The first-order valence-corrected chi connectivity index (χ1v) is 6.13. The molecule has 0 aromatic heterocycles. The van der Waals surface area contributed by atoms with E-state index < -0.39 is 5.41 Å². The van der Waals surface area contributed by atoms with Crippen molar-refractivity contribution >= 4 is 11.6 Å². The first-order valence-electron chi connectivity index (χ1n) is 6.13. The highest BCUT2D eigenvalue weighted by atomic mass is 16.2. The first kappa shape index (κ1) is 10.8. The molecule has 84 valence electrons. The van der Waals surface area contributed by atoms with Crippen molar-refractivity contribution in [2.75, 3.05) is 0 Å². The minimum absolute atomic E-state index is 0.234. The van der Waals surface area contributed by atoms with Crippen molar-refractivity contribution in [1.29, 1.82) is 0 Å². The van der Waals surface area contributed by atoms with E-state index in [0.29, 0.717) is 24.7 Å². The van der Waals surface area contributed by atoms with Crippen LogP contribution in [0.15, 0.2) is 0 Å². The van der Waals surface area contributed by atoms with Gasteiger partial charge in [0.2, 0.25) is 0 Å². The van der Waals surface area contributed by atoms with E-state index in [1.807, 2.05) is 0 Å². The van der Waals surface area contributed by atoms with Crippen LogP contribution in [0.25, 0.3) is 0 Å². The van der Waals surface area contributed by atoms with Gasteiger partial charge in [-0.3, -0.25) is 9.59 Å². The predicted octanol–water partition coefficient (Wildman–Crippen LogP) is 2.75. The van der Waals surface area contributed by atoms with Crippen molar-refractivity contribution in [3.63, 3.8) is 0 Å². The fourth-order valence-corrected chi connectivity index (χ4v) is 3.23. The van der Waals surface area contributed by atoms with Crippen LogP contribution in [0.1, 0.15) is 52.4 Å². The summed E-state index contributed by atoms with van der Waals surface area (Å²) in [6.07, 6.45) is 4.85. The summed E-state index contributed by atoms with van der Waals surface area (Å²) in [5.41, 5.74) is -0.535. The Morgan fingerprint density at radius 3 is 2.40 bits per heavy atom. The van der Waals surface area contributed by atoms with Crippen LogP contribution < -0.4 is 0 Å². The summed E-state index contributed by atoms with van der Waals surface area (Å²) < 4.78 is 0. The van der Waals surface area contributed by atoms with Gasteiger partial charge in [-0.2, -0.15) is 0 Å². The van der Waals surface area contributed by atoms with Crippen LogP contribution in [0.5, 0.6) is 0 Å². The van der Waals surface area contributed by atoms with Crippen LogP contribution in [0.2, 0.25) is 0 Å². The zero-order chi connectivity index (χ0) is 11.1. The second-order valence-electron chi connectivity index (χ2n) is 5.53. The van der Waals surface area contributed by atoms with Crippen LogP contribution in [-0.4, -0.2) is 11.6 Å². The molecule has 1 unspecified atom stereocenters. The second kappa shape index (κ2) is 3.73. The van der Waals surface area contributed by atoms with E-state index in [1.165, 1.54) is 0 Å². The minimum atomic E-state index is -0.535. The standard InChI is InChI=1S/C13H20O2/c1-9(2)10-5-6-12(15)13(8-10)7-3-4-11(13)14/h9-10H,3-8H2,1-2H3/t10?,13-/m1/s1. The molecule has 2 heteroatoms. The van der Waals surface area contributed by atoms with Gasteiger partial charge in [0.05, 0.1) is 5.41 Å². The largest absolute Gasteiger partial charge is 0.299 e. The average molecular weight is 208 g/mol. The number of hydrogen-bond acceptors (Lipinski definition) is 2. The Morgan fingerprint density at radius 1 is 1.20 bits per heavy atom. The highest BCUT2D eigenvalue weighted by molar-refractivity contribution is 6.08. The molecule has 2 rings (SSSR count). The Hall–Kier alpha value is -0.660. The topological polar surface area (TPSA) is 34.1 Å². The van der Waals surface area contributed by atoms with Crippen LogP contribution in [0.4, 0.5) is 0 Å². The minimum Gasteiger partial charge on any atom is -0.299 e. The van der Waals surface area contributed by atoms with Gasteiger partial charge in [-0.05, 0) is 37.5 Å². The third-order valence-electron chi connectivity index (χ3n) is 4.37. The third-order valence-corrected chi connectivity index (χ3v) is 4.37. The van der Waals surface area contributed by atoms with Crippen molar-refractivity contribution < 1.29 is 9.59 Å². The average Bonchev–Trinajstić information content (AvgIpc) is 2.54. The molecule has 15 heavy (non-hydrogen) atoms. The Balaban J connectivity index is 2.22. The van der Waals surface area contributed by atoms with Crippen molar-refractivity contribution in [2.24, 2.45) is 17.3 Å². The fraction of sp³-hybridized carbons (Fsp3) is 0.846. The smallest absolute Gasteiger partial charge is 0.146 e. The molecule has 0 heterocycles. The highest BCUT2D eigenvalue weighted by Gasteiger charge is 2.51. The summed E-state index contributed by atoms with van der Waals surface area (Å²) in [7, 11) is 0. The van der Waals surface area contributed by atoms with E-state index in [4.69, 9.17) is 0 Å². The maximum absolute atomic E-state index is 12.0. The summed E-state index contributed by atoms with van der Waals surface area (Å²) in [6.45, 7) is 4.40. The molecule has 0 amide bonds. The third kappa shape index (κ3) is 1.64. The van der Waals surface area contributed by atoms with Crippen LogP contribution in [-0.2, 0) is 9.59 Å². The zero-order valence-corrected chi connectivity index (χ0v) is 9.71. The van der Waals surface area contributed by atoms with Gasteiger partial charge in [0, 0.05) is 12.8 Å². The number of ketones is 2. The van der Waals surface area contributed by atoms with Crippen LogP contribution in [0.3, 0.4) is 0 Å². The molecule has 2 fully saturated rings. The number of carbonyl (C=O) groups excluding carboxylic acids is 2. The molecule has 2 aliphatic carbocycles. The molecule has 2 nitrogen and oxygen atoms in total. The van der Waals surface area contributed by atoms with Crippen molar-refractivity contribution in [1.82, 2.24) is 0 Å². The number of Topliss-reactive ketones (excluding diaryl/α,β-unsaturated/α-hetero) is 2. The van der Waals surface area contributed by atoms with Gasteiger partial charge in [0.25, 0.3) is 0 Å². The highest BCUT2D eigenvalue weighted by Crippen LogP contribution is 2.47. The molecule has 2 atom stereocenters. The van der Waals surface area contributed by atoms with E-state index in [0.717, 1.165) is 25.7 Å². The summed E-state index contributed by atoms with van der Waals surface area (Å²) in [6, 6.07) is 0. The second-order valence-corrected chi connectivity index (χ2v) is 5.53. The van der Waals surface area contributed by atoms with Crippen molar-refractivity contribution in [3.05, 3.63) is 0 Å². The van der Waals surface area contributed by atoms with E-state index in [1.54, 1.807) is 0 Å². The molecule has 0 bridgehead atoms. The molecule has 0 N–H and O–H groups in total. The van der Waals surface area contributed by atoms with Gasteiger partial charge < -0.3 is 0 Å². The molecule has 0 aliphatic heterocycles. The molecule has 0 radical (unpaired) electrons. The monoisotopic (exact) mass is 208 g/mol. The molecular weight excluding hydrogens is 188 g/mol. The molecule has 2 aliphatic rings. The Labute approximate surface area is 91.4 Å². The van der Waals surface area contributed by atoms with Gasteiger partial charge in [0.15, 0.2) is 0 Å². The Morgan fingerprint density at radius 2 is 1.87 bits per heavy atom. The van der Waals surface area contributed by atoms with E-state index in [-0.39, 0.29) is 11.6 Å². The molecule has 2 saturated carbocycles. The molecule has 0 aromatic rings. The zero-order valence-electron chi connectivity index (χ0n) is 9.71. The maximum atomic E-state index is 12.0. The first-order chi connectivity index (χ1) is 7.06. The SMILES string of the molecule is CC(C)C1CCC(=O)[C@]2(CCCC2=O)C1. The van der Waals surface area contributed by atoms with E-state index >= 15 is 0 Å². The van der Waals surface area contributed by atoms with Gasteiger partial charge in [-0.1, -0.05) is 13.8 Å². The normalized spacial score (nSPS) is 36.9. The molecule has 0 saturated heterocycles. The fourth-order valence-electron chi connectivity index (χ4n) is 3.23. The van der Waals surface area contributed by atoms with Gasteiger partial charge >= 0.3 is 0 Å². The van der Waals surface area contributed by atoms with Gasteiger partial charge in [-0.15, -0.1) is 0 Å². The summed E-state index contributed by atoms with van der Waals surface area (Å²) in [5, 5.41) is 0. The lowest BCUT2D eigenvalue weighted by Gasteiger charge is -2.37. The van der Waals surface area contributed by atoms with Crippen molar-refractivity contribution in [3.8, 4) is 0 Å². The lowest BCUT2D eigenvalue weighted by molar-refractivity contribution is -0.142. The molecular formula is C13H20O2. The van der Waals surface area contributed by atoms with Crippen molar-refractivity contribution in [2.45, 2.75) is 52.4 Å². The number of hydrogen-bond donors (Lipinski definition) is 0.